The summed E-state index contributed by atoms with van der Waals surface area (Å²) in [5.74, 6) is 1.03. The minimum absolute atomic E-state index is 0.225. The molecule has 0 unspecified atom stereocenters. The molecule has 0 saturated heterocycles. The number of benzene rings is 2. The minimum Gasteiger partial charge on any atom is -0.488 e. The van der Waals surface area contributed by atoms with Gasteiger partial charge in [0.1, 0.15) is 11.9 Å². The largest absolute Gasteiger partial charge is 0.488 e. The van der Waals surface area contributed by atoms with Crippen LogP contribution in [0.4, 0.5) is 0 Å². The molecule has 2 aromatic rings. The Morgan fingerprint density at radius 3 is 2.70 bits per heavy atom. The average molecular weight is 288 g/mol. The Morgan fingerprint density at radius 1 is 1.25 bits per heavy atom. The van der Waals surface area contributed by atoms with Crippen LogP contribution in [-0.4, -0.2) is 19.7 Å². The Bertz CT molecular complexity index is 622. The lowest BCUT2D eigenvalue weighted by atomic mass is 9.98. The number of fused-ring (bicyclic) bond motifs is 1. The summed E-state index contributed by atoms with van der Waals surface area (Å²) in [4.78, 5) is 0. The van der Waals surface area contributed by atoms with E-state index in [-0.39, 0.29) is 6.10 Å². The Kier molecular flexibility index (Phi) is 3.68. The van der Waals surface area contributed by atoms with E-state index in [0.717, 1.165) is 34.9 Å². The molecule has 0 fully saturated rings. The average Bonchev–Trinajstić information content (AvgIpc) is 2.81. The predicted octanol–water partition coefficient (Wildman–Crippen LogP) is 3.84. The van der Waals surface area contributed by atoms with Gasteiger partial charge in [-0.25, -0.2) is 0 Å². The predicted molar refractivity (Wildman–Crippen MR) is 83.7 cm³/mol. The number of nitrogens with one attached hydrogen (secondary N) is 1. The van der Waals surface area contributed by atoms with E-state index in [1.165, 1.54) is 11.1 Å². The Hall–Kier alpha value is -1.51. The molecule has 0 saturated carbocycles. The van der Waals surface area contributed by atoms with Crippen molar-refractivity contribution in [2.45, 2.75) is 19.4 Å². The number of rotatable bonds is 3. The molecule has 0 aromatic heterocycles. The fraction of sp³-hybridized carbons (Fsp3) is 0.294. The zero-order chi connectivity index (χ0) is 14.1. The maximum Gasteiger partial charge on any atom is 0.130 e. The lowest BCUT2D eigenvalue weighted by Crippen LogP contribution is -2.27. The third-order valence-corrected chi connectivity index (χ3v) is 3.88. The van der Waals surface area contributed by atoms with E-state index in [4.69, 9.17) is 16.3 Å². The van der Waals surface area contributed by atoms with E-state index in [1.807, 2.05) is 31.3 Å². The van der Waals surface area contributed by atoms with E-state index in [0.29, 0.717) is 0 Å². The highest BCUT2D eigenvalue weighted by molar-refractivity contribution is 6.30. The van der Waals surface area contributed by atoms with Gasteiger partial charge < -0.3 is 10.1 Å². The third-order valence-electron chi connectivity index (χ3n) is 3.63. The van der Waals surface area contributed by atoms with E-state index in [1.54, 1.807) is 0 Å². The van der Waals surface area contributed by atoms with Crippen LogP contribution < -0.4 is 10.1 Å². The lowest BCUT2D eigenvalue weighted by Gasteiger charge is -2.13. The van der Waals surface area contributed by atoms with E-state index in [2.05, 4.69) is 24.4 Å². The molecule has 0 aliphatic carbocycles. The van der Waals surface area contributed by atoms with Crippen LogP contribution in [0.15, 0.2) is 36.4 Å². The normalized spacial score (nSPS) is 16.9. The molecule has 2 aromatic carbocycles. The van der Waals surface area contributed by atoms with Crippen LogP contribution in [-0.2, 0) is 6.42 Å². The van der Waals surface area contributed by atoms with Gasteiger partial charge >= 0.3 is 0 Å². The van der Waals surface area contributed by atoms with E-state index in [9.17, 15) is 0 Å². The number of likely N-dealkylation sites (N-methyl/N-ethyl adjacent to an activating group) is 1. The number of ether oxygens (including phenoxy) is 1. The molecule has 0 spiro atoms. The second-order valence-electron chi connectivity index (χ2n) is 5.31. The molecule has 0 bridgehead atoms. The first-order valence-corrected chi connectivity index (χ1v) is 7.26. The zero-order valence-electron chi connectivity index (χ0n) is 11.7. The van der Waals surface area contributed by atoms with Gasteiger partial charge in [0.2, 0.25) is 0 Å². The van der Waals surface area contributed by atoms with Gasteiger partial charge in [0.25, 0.3) is 0 Å². The van der Waals surface area contributed by atoms with Gasteiger partial charge in [-0.05, 0) is 48.9 Å². The molecule has 1 aliphatic rings. The Balaban J connectivity index is 2.03. The summed E-state index contributed by atoms with van der Waals surface area (Å²) in [5, 5.41) is 3.94. The molecule has 3 rings (SSSR count). The van der Waals surface area contributed by atoms with Gasteiger partial charge in [-0.15, -0.1) is 0 Å². The molecular formula is C17H18ClNO. The zero-order valence-corrected chi connectivity index (χ0v) is 12.5. The van der Waals surface area contributed by atoms with Gasteiger partial charge in [-0.2, -0.15) is 0 Å². The maximum atomic E-state index is 6.12. The van der Waals surface area contributed by atoms with Crippen LogP contribution >= 0.6 is 11.6 Å². The second-order valence-corrected chi connectivity index (χ2v) is 5.75. The van der Waals surface area contributed by atoms with Crippen molar-refractivity contribution in [3.63, 3.8) is 0 Å². The summed E-state index contributed by atoms with van der Waals surface area (Å²) in [6.45, 7) is 3.00. The van der Waals surface area contributed by atoms with E-state index < -0.39 is 0 Å². The van der Waals surface area contributed by atoms with Crippen molar-refractivity contribution in [1.82, 2.24) is 5.32 Å². The van der Waals surface area contributed by atoms with Gasteiger partial charge in [0.15, 0.2) is 0 Å². The second kappa shape index (κ2) is 5.47. The van der Waals surface area contributed by atoms with Crippen LogP contribution in [0.1, 0.15) is 11.1 Å². The number of hydrogen-bond acceptors (Lipinski definition) is 2. The van der Waals surface area contributed by atoms with Crippen molar-refractivity contribution in [3.8, 4) is 16.9 Å². The highest BCUT2D eigenvalue weighted by Gasteiger charge is 2.25. The molecule has 1 N–H and O–H groups in total. The first-order valence-electron chi connectivity index (χ1n) is 6.88. The van der Waals surface area contributed by atoms with Crippen molar-refractivity contribution < 1.29 is 4.74 Å². The lowest BCUT2D eigenvalue weighted by molar-refractivity contribution is 0.232. The fourth-order valence-corrected chi connectivity index (χ4v) is 2.90. The molecule has 1 atom stereocenters. The van der Waals surface area contributed by atoms with Gasteiger partial charge in [-0.1, -0.05) is 29.8 Å². The highest BCUT2D eigenvalue weighted by Crippen LogP contribution is 2.40. The van der Waals surface area contributed by atoms with Crippen molar-refractivity contribution in [2.75, 3.05) is 13.6 Å². The summed E-state index contributed by atoms with van der Waals surface area (Å²) in [6.07, 6.45) is 1.20. The summed E-state index contributed by atoms with van der Waals surface area (Å²) in [6, 6.07) is 12.4. The molecule has 0 amide bonds. The molecule has 20 heavy (non-hydrogen) atoms. The molecular weight excluding hydrogens is 270 g/mol. The SMILES string of the molecule is CNC[C@H]1Cc2cc(C)cc(-c3ccc(Cl)cc3)c2O1. The summed E-state index contributed by atoms with van der Waals surface area (Å²) >= 11 is 5.97. The first-order chi connectivity index (χ1) is 9.67. The first kappa shape index (κ1) is 13.5. The minimum atomic E-state index is 0.225. The molecule has 0 radical (unpaired) electrons. The third kappa shape index (κ3) is 2.54. The molecule has 1 heterocycles. The quantitative estimate of drug-likeness (QED) is 0.926. The van der Waals surface area contributed by atoms with Crippen LogP contribution in [0.25, 0.3) is 11.1 Å². The Morgan fingerprint density at radius 2 is 2.00 bits per heavy atom. The van der Waals surface area contributed by atoms with Crippen molar-refractivity contribution in [2.24, 2.45) is 0 Å². The Labute approximate surface area is 124 Å². The van der Waals surface area contributed by atoms with Crippen molar-refractivity contribution in [3.05, 3.63) is 52.5 Å². The summed E-state index contributed by atoms with van der Waals surface area (Å²) in [5.41, 5.74) is 4.88. The standard InChI is InChI=1S/C17H18ClNO/c1-11-7-13-9-15(10-19-2)20-17(13)16(8-11)12-3-5-14(18)6-4-12/h3-8,15,19H,9-10H2,1-2H3/t15-/m1/s1. The maximum absolute atomic E-state index is 6.12. The molecule has 2 nitrogen and oxygen atoms in total. The molecule has 1 aliphatic heterocycles. The number of aryl methyl sites for hydroxylation is 1. The van der Waals surface area contributed by atoms with Crippen LogP contribution in [0.3, 0.4) is 0 Å². The van der Waals surface area contributed by atoms with Crippen LogP contribution in [0.2, 0.25) is 5.02 Å². The summed E-state index contributed by atoms with van der Waals surface area (Å²) < 4.78 is 6.12. The molecule has 3 heteroatoms. The van der Waals surface area contributed by atoms with E-state index >= 15 is 0 Å². The fourth-order valence-electron chi connectivity index (χ4n) is 2.78. The van der Waals surface area contributed by atoms with Gasteiger partial charge in [-0.3, -0.25) is 0 Å². The monoisotopic (exact) mass is 287 g/mol. The van der Waals surface area contributed by atoms with Gasteiger partial charge in [0, 0.05) is 23.6 Å². The van der Waals surface area contributed by atoms with Crippen LogP contribution in [0, 0.1) is 6.92 Å². The smallest absolute Gasteiger partial charge is 0.130 e. The van der Waals surface area contributed by atoms with Gasteiger partial charge in [0.05, 0.1) is 0 Å². The number of halogens is 1. The van der Waals surface area contributed by atoms with Crippen molar-refractivity contribution in [1.29, 1.82) is 0 Å². The number of hydrogen-bond donors (Lipinski definition) is 1. The van der Waals surface area contributed by atoms with Crippen LogP contribution in [0.5, 0.6) is 5.75 Å². The highest BCUT2D eigenvalue weighted by atomic mass is 35.5. The topological polar surface area (TPSA) is 21.3 Å². The van der Waals surface area contributed by atoms with Crippen molar-refractivity contribution >= 4 is 11.6 Å². The summed E-state index contributed by atoms with van der Waals surface area (Å²) in [7, 11) is 1.96. The molecule has 104 valence electrons.